The van der Waals surface area contributed by atoms with E-state index in [4.69, 9.17) is 16.7 Å². The fourth-order valence-corrected chi connectivity index (χ4v) is 3.15. The molecule has 3 rings (SSSR count). The van der Waals surface area contributed by atoms with Crippen LogP contribution in [0.3, 0.4) is 0 Å². The third kappa shape index (κ3) is 2.62. The average Bonchev–Trinajstić information content (AvgIpc) is 2.92. The molecule has 1 fully saturated rings. The molecular formula is C11H11ClN4O2S. The van der Waals surface area contributed by atoms with E-state index in [1.165, 1.54) is 11.3 Å². The van der Waals surface area contributed by atoms with Crippen LogP contribution in [0.5, 0.6) is 0 Å². The summed E-state index contributed by atoms with van der Waals surface area (Å²) in [7, 11) is 0. The van der Waals surface area contributed by atoms with Crippen LogP contribution in [0.2, 0.25) is 4.34 Å². The number of halogens is 1. The molecule has 0 aromatic carbocycles. The highest BCUT2D eigenvalue weighted by Crippen LogP contribution is 2.43. The lowest BCUT2D eigenvalue weighted by Gasteiger charge is -2.14. The summed E-state index contributed by atoms with van der Waals surface area (Å²) in [4.78, 5) is 11.8. The lowest BCUT2D eigenvalue weighted by atomic mass is 10.1. The maximum atomic E-state index is 11.0. The normalized spacial score (nSPS) is 16.5. The van der Waals surface area contributed by atoms with Crippen molar-refractivity contribution in [1.29, 1.82) is 0 Å². The molecule has 1 aliphatic rings. The Balaban J connectivity index is 1.95. The van der Waals surface area contributed by atoms with Gasteiger partial charge in [-0.25, -0.2) is 4.68 Å². The molecule has 2 aromatic heterocycles. The number of nitrogens with zero attached hydrogens (tertiary/aromatic N) is 4. The van der Waals surface area contributed by atoms with Gasteiger partial charge in [0.05, 0.1) is 21.7 Å². The molecule has 0 radical (unpaired) electrons. The van der Waals surface area contributed by atoms with Crippen LogP contribution < -0.4 is 0 Å². The van der Waals surface area contributed by atoms with Gasteiger partial charge in [0, 0.05) is 0 Å². The van der Waals surface area contributed by atoms with Gasteiger partial charge < -0.3 is 5.11 Å². The first-order valence-electron chi connectivity index (χ1n) is 5.90. The zero-order chi connectivity index (χ0) is 13.4. The summed E-state index contributed by atoms with van der Waals surface area (Å²) in [5.41, 5.74) is 0. The zero-order valence-electron chi connectivity index (χ0n) is 9.86. The SMILES string of the molecule is O=C(O)CC(C1CC1)n1nnnc1-c1ccc(Cl)s1. The molecule has 0 aliphatic heterocycles. The van der Waals surface area contributed by atoms with Crippen molar-refractivity contribution in [2.45, 2.75) is 25.3 Å². The van der Waals surface area contributed by atoms with Crippen LogP contribution in [0.25, 0.3) is 10.7 Å². The number of hydrogen-bond donors (Lipinski definition) is 1. The van der Waals surface area contributed by atoms with E-state index in [0.29, 0.717) is 16.1 Å². The fourth-order valence-electron chi connectivity index (χ4n) is 2.13. The number of hydrogen-bond acceptors (Lipinski definition) is 5. The third-order valence-corrected chi connectivity index (χ3v) is 4.38. The minimum atomic E-state index is -0.831. The van der Waals surface area contributed by atoms with Gasteiger partial charge >= 0.3 is 5.97 Å². The first-order chi connectivity index (χ1) is 9.15. The Morgan fingerprint density at radius 2 is 2.37 bits per heavy atom. The summed E-state index contributed by atoms with van der Waals surface area (Å²) < 4.78 is 2.29. The molecule has 2 aromatic rings. The highest BCUT2D eigenvalue weighted by Gasteiger charge is 2.36. The minimum absolute atomic E-state index is 0.0435. The van der Waals surface area contributed by atoms with Crippen molar-refractivity contribution in [2.75, 3.05) is 0 Å². The van der Waals surface area contributed by atoms with E-state index in [2.05, 4.69) is 15.5 Å². The molecule has 0 spiro atoms. The number of aliphatic carboxylic acids is 1. The van der Waals surface area contributed by atoms with Crippen molar-refractivity contribution in [2.24, 2.45) is 5.92 Å². The summed E-state index contributed by atoms with van der Waals surface area (Å²) in [5.74, 6) is 0.117. The molecule has 100 valence electrons. The van der Waals surface area contributed by atoms with Crippen molar-refractivity contribution in [3.63, 3.8) is 0 Å². The van der Waals surface area contributed by atoms with Gasteiger partial charge in [-0.1, -0.05) is 11.6 Å². The van der Waals surface area contributed by atoms with Crippen LogP contribution >= 0.6 is 22.9 Å². The number of carboxylic acids is 1. The predicted molar refractivity (Wildman–Crippen MR) is 70.2 cm³/mol. The largest absolute Gasteiger partial charge is 0.481 e. The molecule has 0 bridgehead atoms. The van der Waals surface area contributed by atoms with Crippen molar-refractivity contribution in [3.05, 3.63) is 16.5 Å². The number of carbonyl (C=O) groups is 1. The number of aromatic nitrogens is 4. The second kappa shape index (κ2) is 4.90. The molecule has 6 nitrogen and oxygen atoms in total. The first kappa shape index (κ1) is 12.6. The van der Waals surface area contributed by atoms with E-state index in [-0.39, 0.29) is 12.5 Å². The molecule has 1 unspecified atom stereocenters. The lowest BCUT2D eigenvalue weighted by molar-refractivity contribution is -0.138. The van der Waals surface area contributed by atoms with Gasteiger partial charge in [-0.3, -0.25) is 4.79 Å². The molecule has 1 atom stereocenters. The number of carboxylic acid groups (broad SMARTS) is 1. The standard InChI is InChI=1S/C11H11ClN4O2S/c12-9-4-3-8(19-9)11-13-14-15-16(11)7(5-10(17)18)6-1-2-6/h3-4,6-7H,1-2,5H2,(H,17,18). The van der Waals surface area contributed by atoms with Crippen LogP contribution in [0.4, 0.5) is 0 Å². The summed E-state index contributed by atoms with van der Waals surface area (Å²) in [6.07, 6.45) is 2.10. The van der Waals surface area contributed by atoms with E-state index in [0.717, 1.165) is 17.7 Å². The van der Waals surface area contributed by atoms with E-state index in [9.17, 15) is 4.79 Å². The smallest absolute Gasteiger partial charge is 0.305 e. The van der Waals surface area contributed by atoms with Crippen LogP contribution in [-0.2, 0) is 4.79 Å². The monoisotopic (exact) mass is 298 g/mol. The first-order valence-corrected chi connectivity index (χ1v) is 7.10. The minimum Gasteiger partial charge on any atom is -0.481 e. The van der Waals surface area contributed by atoms with Crippen molar-refractivity contribution in [1.82, 2.24) is 20.2 Å². The molecule has 0 saturated heterocycles. The molecule has 0 amide bonds. The van der Waals surface area contributed by atoms with Gasteiger partial charge in [0.25, 0.3) is 0 Å². The Bertz CT molecular complexity index is 607. The molecule has 2 heterocycles. The molecule has 1 aliphatic carbocycles. The molecular weight excluding hydrogens is 288 g/mol. The zero-order valence-corrected chi connectivity index (χ0v) is 11.4. The van der Waals surface area contributed by atoms with Crippen LogP contribution in [0, 0.1) is 5.92 Å². The lowest BCUT2D eigenvalue weighted by Crippen LogP contribution is -2.18. The second-order valence-electron chi connectivity index (χ2n) is 4.55. The molecule has 19 heavy (non-hydrogen) atoms. The maximum Gasteiger partial charge on any atom is 0.305 e. The quantitative estimate of drug-likeness (QED) is 0.917. The highest BCUT2D eigenvalue weighted by molar-refractivity contribution is 7.19. The fraction of sp³-hybridized carbons (Fsp3) is 0.455. The van der Waals surface area contributed by atoms with Crippen molar-refractivity contribution >= 4 is 28.9 Å². The van der Waals surface area contributed by atoms with Crippen molar-refractivity contribution < 1.29 is 9.90 Å². The van der Waals surface area contributed by atoms with Gasteiger partial charge in [-0.15, -0.1) is 16.4 Å². The number of tetrazole rings is 1. The van der Waals surface area contributed by atoms with E-state index in [1.807, 2.05) is 6.07 Å². The van der Waals surface area contributed by atoms with Gasteiger partial charge in [0.1, 0.15) is 0 Å². The van der Waals surface area contributed by atoms with Gasteiger partial charge in [-0.05, 0) is 41.3 Å². The summed E-state index contributed by atoms with van der Waals surface area (Å²) in [5, 5.41) is 20.7. The maximum absolute atomic E-state index is 11.0. The van der Waals surface area contributed by atoms with Crippen LogP contribution in [-0.4, -0.2) is 31.3 Å². The Kier molecular flexibility index (Phi) is 3.24. The average molecular weight is 299 g/mol. The topological polar surface area (TPSA) is 80.9 Å². The van der Waals surface area contributed by atoms with Gasteiger partial charge in [0.2, 0.25) is 0 Å². The van der Waals surface area contributed by atoms with Gasteiger partial charge in [-0.2, -0.15) is 0 Å². The van der Waals surface area contributed by atoms with Crippen LogP contribution in [0.15, 0.2) is 12.1 Å². The Morgan fingerprint density at radius 3 is 2.95 bits per heavy atom. The number of rotatable bonds is 5. The Labute approximate surface area is 118 Å². The van der Waals surface area contributed by atoms with E-state index in [1.54, 1.807) is 10.7 Å². The second-order valence-corrected chi connectivity index (χ2v) is 6.27. The number of thiophene rings is 1. The highest BCUT2D eigenvalue weighted by atomic mass is 35.5. The van der Waals surface area contributed by atoms with Crippen LogP contribution in [0.1, 0.15) is 25.3 Å². The Morgan fingerprint density at radius 1 is 1.58 bits per heavy atom. The van der Waals surface area contributed by atoms with Gasteiger partial charge in [0.15, 0.2) is 5.82 Å². The summed E-state index contributed by atoms with van der Waals surface area (Å²) in [6.45, 7) is 0. The summed E-state index contributed by atoms with van der Waals surface area (Å²) in [6, 6.07) is 3.45. The van der Waals surface area contributed by atoms with E-state index < -0.39 is 5.97 Å². The molecule has 1 N–H and O–H groups in total. The van der Waals surface area contributed by atoms with E-state index >= 15 is 0 Å². The predicted octanol–water partition coefficient (Wildman–Crippen LogP) is 2.48. The molecule has 8 heteroatoms. The molecule has 1 saturated carbocycles. The summed E-state index contributed by atoms with van der Waals surface area (Å²) >= 11 is 7.30. The van der Waals surface area contributed by atoms with Crippen molar-refractivity contribution in [3.8, 4) is 10.7 Å². The Hall–Kier alpha value is -1.47. The third-order valence-electron chi connectivity index (χ3n) is 3.15.